The summed E-state index contributed by atoms with van der Waals surface area (Å²) in [4.78, 5) is 12.6. The van der Waals surface area contributed by atoms with E-state index in [0.29, 0.717) is 16.6 Å². The Morgan fingerprint density at radius 1 is 0.857 bits per heavy atom. The van der Waals surface area contributed by atoms with Crippen LogP contribution in [-0.4, -0.2) is 27.3 Å². The fourth-order valence-corrected chi connectivity index (χ4v) is 5.57. The lowest BCUT2D eigenvalue weighted by Gasteiger charge is -2.13. The van der Waals surface area contributed by atoms with Crippen LogP contribution in [0.5, 0.6) is 0 Å². The number of hydrogen-bond acceptors (Lipinski definition) is 6. The van der Waals surface area contributed by atoms with E-state index in [1.165, 1.54) is 42.5 Å². The number of nitrogens with two attached hydrogens (primary N) is 1. The number of fused-ring (bicyclic) bond motifs is 1. The van der Waals surface area contributed by atoms with E-state index in [1.54, 1.807) is 42.5 Å². The highest BCUT2D eigenvalue weighted by Gasteiger charge is 2.18. The lowest BCUT2D eigenvalue weighted by molar-refractivity contribution is 0.102. The quantitative estimate of drug-likeness (QED) is 0.217. The van der Waals surface area contributed by atoms with E-state index in [2.05, 4.69) is 10.0 Å². The Morgan fingerprint density at radius 2 is 1.54 bits per heavy atom. The molecule has 0 radical (unpaired) electrons. The summed E-state index contributed by atoms with van der Waals surface area (Å²) in [7, 11) is -8.33. The van der Waals surface area contributed by atoms with Gasteiger partial charge in [0, 0.05) is 22.3 Å². The number of sulfonamides is 1. The molecule has 4 rings (SSSR count). The molecule has 0 aromatic heterocycles. The van der Waals surface area contributed by atoms with E-state index in [0.717, 1.165) is 0 Å². The van der Waals surface area contributed by atoms with Gasteiger partial charge in [0.2, 0.25) is 10.0 Å². The van der Waals surface area contributed by atoms with Crippen molar-refractivity contribution in [2.45, 2.75) is 10.6 Å². The minimum absolute atomic E-state index is 0.135. The maximum absolute atomic E-state index is 13.0. The van der Waals surface area contributed by atoms with Gasteiger partial charge in [0.25, 0.3) is 16.0 Å². The second-order valence-corrected chi connectivity index (χ2v) is 10.9. The zero-order valence-corrected chi connectivity index (χ0v) is 19.8. The summed E-state index contributed by atoms with van der Waals surface area (Å²) in [6.45, 7) is 0. The molecule has 0 saturated carbocycles. The summed E-state index contributed by atoms with van der Waals surface area (Å²) in [5.74, 6) is -0.900. The number of carbonyl (C=O) groups excluding carboxylic acids is 1. The van der Waals surface area contributed by atoms with Gasteiger partial charge >= 0.3 is 0 Å². The molecule has 0 heterocycles. The summed E-state index contributed by atoms with van der Waals surface area (Å²) in [5.41, 5.74) is 7.15. The molecule has 0 bridgehead atoms. The van der Waals surface area contributed by atoms with Crippen LogP contribution >= 0.6 is 0 Å². The molecule has 0 saturated heterocycles. The molecule has 0 aliphatic heterocycles. The molecule has 9 nitrogen and oxygen atoms in total. The van der Waals surface area contributed by atoms with Crippen LogP contribution in [0.4, 0.5) is 17.1 Å². The van der Waals surface area contributed by atoms with Crippen molar-refractivity contribution in [1.29, 1.82) is 0 Å². The van der Waals surface area contributed by atoms with E-state index in [4.69, 9.17) is 5.73 Å². The van der Waals surface area contributed by atoms with Gasteiger partial charge in [-0.2, -0.15) is 8.42 Å². The first kappa shape index (κ1) is 24.2. The van der Waals surface area contributed by atoms with Crippen molar-refractivity contribution in [3.63, 3.8) is 0 Å². The SMILES string of the molecule is Nc1cccc(CS(=O)(=O)Nc2cccc(C(=O)Nc3cccc4cccc(S(=O)(=O)O)c34)c2)c1. The fourth-order valence-electron chi connectivity index (χ4n) is 3.66. The van der Waals surface area contributed by atoms with Crippen molar-refractivity contribution < 1.29 is 26.2 Å². The third kappa shape index (κ3) is 5.77. The zero-order valence-electron chi connectivity index (χ0n) is 18.2. The maximum atomic E-state index is 13.0. The Hall–Kier alpha value is -3.93. The van der Waals surface area contributed by atoms with Crippen molar-refractivity contribution in [3.05, 3.63) is 96.1 Å². The van der Waals surface area contributed by atoms with Crippen molar-refractivity contribution >= 4 is 53.9 Å². The maximum Gasteiger partial charge on any atom is 0.295 e. The molecule has 35 heavy (non-hydrogen) atoms. The van der Waals surface area contributed by atoms with Crippen LogP contribution < -0.4 is 15.8 Å². The minimum atomic E-state index is -4.54. The Kier molecular flexibility index (Phi) is 6.48. The Labute approximate surface area is 202 Å². The van der Waals surface area contributed by atoms with Crippen LogP contribution in [0.25, 0.3) is 10.8 Å². The molecule has 0 spiro atoms. The first-order chi connectivity index (χ1) is 16.5. The van der Waals surface area contributed by atoms with E-state index in [1.807, 2.05) is 0 Å². The second-order valence-electron chi connectivity index (χ2n) is 7.78. The Morgan fingerprint density at radius 3 is 2.26 bits per heavy atom. The number of amides is 1. The molecule has 0 fully saturated rings. The first-order valence-corrected chi connectivity index (χ1v) is 13.4. The van der Waals surface area contributed by atoms with Gasteiger partial charge in [-0.15, -0.1) is 0 Å². The first-order valence-electron chi connectivity index (χ1n) is 10.3. The lowest BCUT2D eigenvalue weighted by atomic mass is 10.1. The van der Waals surface area contributed by atoms with Crippen LogP contribution in [0.1, 0.15) is 15.9 Å². The van der Waals surface area contributed by atoms with Gasteiger partial charge in [-0.3, -0.25) is 14.1 Å². The van der Waals surface area contributed by atoms with Crippen LogP contribution in [0.2, 0.25) is 0 Å². The number of nitrogens with one attached hydrogen (secondary N) is 2. The standard InChI is InChI=1S/C24H21N3O6S2/c25-19-9-1-5-16(13-19)15-34(29,30)27-20-10-2-8-18(14-20)24(28)26-21-11-3-6-17-7-4-12-22(23(17)21)35(31,32)33/h1-14,27H,15,25H2,(H,26,28)(H,31,32,33). The molecular weight excluding hydrogens is 490 g/mol. The molecule has 180 valence electrons. The molecule has 4 aromatic rings. The number of carbonyl (C=O) groups is 1. The third-order valence-corrected chi connectivity index (χ3v) is 7.25. The van der Waals surface area contributed by atoms with Gasteiger partial charge in [0.05, 0.1) is 11.4 Å². The van der Waals surface area contributed by atoms with Crippen molar-refractivity contribution in [2.75, 3.05) is 15.8 Å². The minimum Gasteiger partial charge on any atom is -0.399 e. The molecule has 4 aromatic carbocycles. The van der Waals surface area contributed by atoms with Crippen molar-refractivity contribution in [1.82, 2.24) is 0 Å². The average molecular weight is 512 g/mol. The number of nitrogen functional groups attached to an aromatic ring is 1. The highest BCUT2D eigenvalue weighted by molar-refractivity contribution is 7.91. The van der Waals surface area contributed by atoms with Crippen LogP contribution in [-0.2, 0) is 25.9 Å². The van der Waals surface area contributed by atoms with Gasteiger partial charge in [-0.25, -0.2) is 8.42 Å². The predicted molar refractivity (Wildman–Crippen MR) is 135 cm³/mol. The van der Waals surface area contributed by atoms with Gasteiger partial charge < -0.3 is 11.1 Å². The molecule has 0 aliphatic rings. The van der Waals surface area contributed by atoms with Gasteiger partial charge in [-0.05, 0) is 53.4 Å². The molecule has 11 heteroatoms. The number of hydrogen-bond donors (Lipinski definition) is 4. The molecular formula is C24H21N3O6S2. The molecule has 0 unspecified atom stereocenters. The Balaban J connectivity index is 1.59. The largest absolute Gasteiger partial charge is 0.399 e. The smallest absolute Gasteiger partial charge is 0.295 e. The van der Waals surface area contributed by atoms with Crippen LogP contribution in [0.3, 0.4) is 0 Å². The second kappa shape index (κ2) is 9.37. The van der Waals surface area contributed by atoms with E-state index in [-0.39, 0.29) is 33.0 Å². The monoisotopic (exact) mass is 511 g/mol. The van der Waals surface area contributed by atoms with Gasteiger partial charge in [-0.1, -0.05) is 42.5 Å². The lowest BCUT2D eigenvalue weighted by Crippen LogP contribution is -2.17. The summed E-state index contributed by atoms with van der Waals surface area (Å²) in [5, 5.41) is 3.30. The van der Waals surface area contributed by atoms with Crippen LogP contribution in [0, 0.1) is 0 Å². The summed E-state index contributed by atoms with van der Waals surface area (Å²) in [6, 6.07) is 21.5. The van der Waals surface area contributed by atoms with E-state index >= 15 is 0 Å². The highest BCUT2D eigenvalue weighted by Crippen LogP contribution is 2.30. The number of rotatable bonds is 7. The molecule has 0 atom stereocenters. The zero-order chi connectivity index (χ0) is 25.2. The Bertz CT molecular complexity index is 1650. The van der Waals surface area contributed by atoms with Crippen molar-refractivity contribution in [2.24, 2.45) is 0 Å². The van der Waals surface area contributed by atoms with Gasteiger partial charge in [0.1, 0.15) is 4.90 Å². The summed E-state index contributed by atoms with van der Waals surface area (Å²) in [6.07, 6.45) is 0. The average Bonchev–Trinajstić information content (AvgIpc) is 2.77. The normalized spacial score (nSPS) is 11.8. The van der Waals surface area contributed by atoms with Gasteiger partial charge in [0.15, 0.2) is 0 Å². The van der Waals surface area contributed by atoms with E-state index in [9.17, 15) is 26.2 Å². The topological polar surface area (TPSA) is 156 Å². The molecule has 1 amide bonds. The number of benzene rings is 4. The number of anilines is 3. The third-order valence-electron chi connectivity index (χ3n) is 5.10. The summed E-state index contributed by atoms with van der Waals surface area (Å²) < 4.78 is 61.0. The predicted octanol–water partition coefficient (Wildman–Crippen LogP) is 3.86. The van der Waals surface area contributed by atoms with Crippen molar-refractivity contribution in [3.8, 4) is 0 Å². The van der Waals surface area contributed by atoms with Crippen LogP contribution in [0.15, 0.2) is 89.8 Å². The highest BCUT2D eigenvalue weighted by atomic mass is 32.2. The van der Waals surface area contributed by atoms with E-state index < -0.39 is 26.0 Å². The molecule has 5 N–H and O–H groups in total. The molecule has 0 aliphatic carbocycles. The fraction of sp³-hybridized carbons (Fsp3) is 0.0417. The summed E-state index contributed by atoms with van der Waals surface area (Å²) >= 11 is 0.